The van der Waals surface area contributed by atoms with E-state index in [1.54, 1.807) is 24.3 Å². The molecule has 1 amide bonds. The van der Waals surface area contributed by atoms with Gasteiger partial charge in [-0.1, -0.05) is 12.1 Å². The number of nitrogens with zero attached hydrogens (tertiary/aromatic N) is 4. The zero-order valence-electron chi connectivity index (χ0n) is 12.0. The van der Waals surface area contributed by atoms with Crippen molar-refractivity contribution in [2.45, 2.75) is 25.7 Å². The lowest BCUT2D eigenvalue weighted by Gasteiger charge is -2.28. The largest absolute Gasteiger partial charge is 0.451 e. The summed E-state index contributed by atoms with van der Waals surface area (Å²) < 4.78 is 39.3. The highest BCUT2D eigenvalue weighted by molar-refractivity contribution is 5.79. The summed E-state index contributed by atoms with van der Waals surface area (Å²) in [6.07, 6.45) is -4.37. The van der Waals surface area contributed by atoms with E-state index in [2.05, 4.69) is 10.2 Å². The van der Waals surface area contributed by atoms with Crippen molar-refractivity contribution in [3.8, 4) is 0 Å². The monoisotopic (exact) mass is 325 g/mol. The van der Waals surface area contributed by atoms with E-state index in [0.717, 1.165) is 10.1 Å². The zero-order chi connectivity index (χ0) is 16.6. The van der Waals surface area contributed by atoms with E-state index >= 15 is 0 Å². The summed E-state index contributed by atoms with van der Waals surface area (Å²) in [6, 6.07) is 6.90. The van der Waals surface area contributed by atoms with E-state index in [4.69, 9.17) is 5.73 Å². The summed E-state index contributed by atoms with van der Waals surface area (Å²) >= 11 is 0. The van der Waals surface area contributed by atoms with Crippen molar-refractivity contribution in [2.75, 3.05) is 12.3 Å². The molecule has 0 fully saturated rings. The van der Waals surface area contributed by atoms with Gasteiger partial charge >= 0.3 is 6.18 Å². The van der Waals surface area contributed by atoms with Crippen molar-refractivity contribution >= 4 is 11.6 Å². The van der Waals surface area contributed by atoms with Crippen LogP contribution in [0.25, 0.3) is 0 Å². The molecule has 0 spiro atoms. The molecule has 2 aromatic rings. The summed E-state index contributed by atoms with van der Waals surface area (Å²) in [5, 5.41) is 6.75. The van der Waals surface area contributed by atoms with Crippen LogP contribution < -0.4 is 5.73 Å². The van der Waals surface area contributed by atoms with Gasteiger partial charge in [0.1, 0.15) is 0 Å². The van der Waals surface area contributed by atoms with Gasteiger partial charge in [0, 0.05) is 18.8 Å². The van der Waals surface area contributed by atoms with Gasteiger partial charge in [0.2, 0.25) is 11.7 Å². The fraction of sp³-hybridized carbons (Fsp3) is 0.357. The van der Waals surface area contributed by atoms with Crippen molar-refractivity contribution in [2.24, 2.45) is 0 Å². The smallest absolute Gasteiger partial charge is 0.399 e. The topological polar surface area (TPSA) is 77.0 Å². The van der Waals surface area contributed by atoms with Crippen LogP contribution in [0.4, 0.5) is 18.9 Å². The van der Waals surface area contributed by atoms with Crippen LogP contribution in [0.2, 0.25) is 0 Å². The molecule has 9 heteroatoms. The quantitative estimate of drug-likeness (QED) is 0.848. The van der Waals surface area contributed by atoms with Crippen LogP contribution in [0.5, 0.6) is 0 Å². The predicted molar refractivity (Wildman–Crippen MR) is 75.0 cm³/mol. The fourth-order valence-electron chi connectivity index (χ4n) is 2.50. The Labute approximate surface area is 129 Å². The predicted octanol–water partition coefficient (Wildman–Crippen LogP) is 1.46. The molecule has 0 saturated carbocycles. The van der Waals surface area contributed by atoms with E-state index < -0.39 is 12.0 Å². The second kappa shape index (κ2) is 5.56. The summed E-state index contributed by atoms with van der Waals surface area (Å²) in [6.45, 7) is 0.253. The van der Waals surface area contributed by atoms with Crippen LogP contribution in [0.1, 0.15) is 17.2 Å². The molecule has 23 heavy (non-hydrogen) atoms. The van der Waals surface area contributed by atoms with Crippen LogP contribution in [0.15, 0.2) is 24.3 Å². The van der Waals surface area contributed by atoms with Crippen molar-refractivity contribution in [3.63, 3.8) is 0 Å². The molecule has 1 aromatic heterocycles. The third-order valence-corrected chi connectivity index (χ3v) is 3.69. The Kier molecular flexibility index (Phi) is 3.70. The molecule has 1 aliphatic rings. The zero-order valence-corrected chi connectivity index (χ0v) is 12.0. The molecule has 3 rings (SSSR count). The molecule has 0 unspecified atom stereocenters. The minimum Gasteiger partial charge on any atom is -0.399 e. The lowest BCUT2D eigenvalue weighted by atomic mass is 10.1. The number of amides is 1. The van der Waals surface area contributed by atoms with Gasteiger partial charge in [-0.2, -0.15) is 13.2 Å². The number of hydrogen-bond donors (Lipinski definition) is 1. The van der Waals surface area contributed by atoms with Gasteiger partial charge < -0.3 is 15.2 Å². The number of benzene rings is 1. The van der Waals surface area contributed by atoms with Crippen molar-refractivity contribution in [3.05, 3.63) is 41.5 Å². The molecule has 0 saturated heterocycles. The summed E-state index contributed by atoms with van der Waals surface area (Å²) in [5.41, 5.74) is 6.99. The van der Waals surface area contributed by atoms with Gasteiger partial charge in [-0.05, 0) is 17.7 Å². The van der Waals surface area contributed by atoms with Crippen LogP contribution in [0.3, 0.4) is 0 Å². The summed E-state index contributed by atoms with van der Waals surface area (Å²) in [4.78, 5) is 13.8. The van der Waals surface area contributed by atoms with E-state index in [1.165, 1.54) is 4.90 Å². The molecule has 2 N–H and O–H groups in total. The molecule has 122 valence electrons. The standard InChI is InChI=1S/C14H14F3N5O/c15-14(16,17)13-20-19-11-8-21(5-6-22(11)13)12(23)7-9-1-3-10(18)4-2-9/h1-4H,5-8,18H2. The van der Waals surface area contributed by atoms with Crippen LogP contribution in [0, 0.1) is 0 Å². The number of alkyl halides is 3. The van der Waals surface area contributed by atoms with E-state index in [1.807, 2.05) is 0 Å². The van der Waals surface area contributed by atoms with Gasteiger partial charge in [0.05, 0.1) is 13.0 Å². The number of carbonyl (C=O) groups is 1. The SMILES string of the molecule is Nc1ccc(CC(=O)N2CCn3c(nnc3C(F)(F)F)C2)cc1. The fourth-order valence-corrected chi connectivity index (χ4v) is 2.50. The molecule has 0 atom stereocenters. The Balaban J connectivity index is 1.71. The number of nitrogens with two attached hydrogens (primary N) is 1. The second-order valence-corrected chi connectivity index (χ2v) is 5.32. The Morgan fingerprint density at radius 1 is 1.17 bits per heavy atom. The Hall–Kier alpha value is -2.58. The van der Waals surface area contributed by atoms with Gasteiger partial charge in [-0.15, -0.1) is 10.2 Å². The maximum atomic E-state index is 12.8. The molecular weight excluding hydrogens is 311 g/mol. The lowest BCUT2D eigenvalue weighted by Crippen LogP contribution is -2.40. The van der Waals surface area contributed by atoms with Crippen LogP contribution >= 0.6 is 0 Å². The number of halogens is 3. The Morgan fingerprint density at radius 2 is 1.87 bits per heavy atom. The molecular formula is C14H14F3N5O. The number of nitrogen functional groups attached to an aromatic ring is 1. The number of fused-ring (bicyclic) bond motifs is 1. The highest BCUT2D eigenvalue weighted by atomic mass is 19.4. The lowest BCUT2D eigenvalue weighted by molar-refractivity contribution is -0.148. The number of carbonyl (C=O) groups excluding carboxylic acids is 1. The summed E-state index contributed by atoms with van der Waals surface area (Å²) in [5.74, 6) is -1.04. The average molecular weight is 325 g/mol. The maximum Gasteiger partial charge on any atom is 0.451 e. The molecule has 6 nitrogen and oxygen atoms in total. The second-order valence-electron chi connectivity index (χ2n) is 5.32. The molecule has 1 aromatic carbocycles. The highest BCUT2D eigenvalue weighted by Gasteiger charge is 2.39. The van der Waals surface area contributed by atoms with Gasteiger partial charge in [-0.3, -0.25) is 4.79 Å². The number of aromatic nitrogens is 3. The first-order valence-corrected chi connectivity index (χ1v) is 6.96. The minimum absolute atomic E-state index is 0.0247. The normalized spacial score (nSPS) is 14.7. The van der Waals surface area contributed by atoms with E-state index in [0.29, 0.717) is 5.69 Å². The van der Waals surface area contributed by atoms with Crippen molar-refractivity contribution in [1.29, 1.82) is 0 Å². The van der Waals surface area contributed by atoms with Gasteiger partial charge in [0.15, 0.2) is 5.82 Å². The highest BCUT2D eigenvalue weighted by Crippen LogP contribution is 2.29. The van der Waals surface area contributed by atoms with Crippen LogP contribution in [-0.4, -0.2) is 32.1 Å². The molecule has 0 aliphatic carbocycles. The van der Waals surface area contributed by atoms with E-state index in [-0.39, 0.29) is 37.8 Å². The van der Waals surface area contributed by atoms with Gasteiger partial charge in [-0.25, -0.2) is 0 Å². The average Bonchev–Trinajstić information content (AvgIpc) is 2.92. The first-order chi connectivity index (χ1) is 10.8. The van der Waals surface area contributed by atoms with Crippen LogP contribution in [-0.2, 0) is 30.5 Å². The summed E-state index contributed by atoms with van der Waals surface area (Å²) in [7, 11) is 0. The number of rotatable bonds is 2. The molecule has 2 heterocycles. The van der Waals surface area contributed by atoms with Crippen molar-refractivity contribution in [1.82, 2.24) is 19.7 Å². The first kappa shape index (κ1) is 15.3. The Morgan fingerprint density at radius 3 is 2.52 bits per heavy atom. The van der Waals surface area contributed by atoms with E-state index in [9.17, 15) is 18.0 Å². The molecule has 0 bridgehead atoms. The number of hydrogen-bond acceptors (Lipinski definition) is 4. The van der Waals surface area contributed by atoms with Crippen molar-refractivity contribution < 1.29 is 18.0 Å². The first-order valence-electron chi connectivity index (χ1n) is 6.96. The molecule has 1 aliphatic heterocycles. The number of anilines is 1. The Bertz CT molecular complexity index is 723. The molecule has 0 radical (unpaired) electrons. The third-order valence-electron chi connectivity index (χ3n) is 3.69. The maximum absolute atomic E-state index is 12.8. The third kappa shape index (κ3) is 3.13. The van der Waals surface area contributed by atoms with Gasteiger partial charge in [0.25, 0.3) is 0 Å². The minimum atomic E-state index is -4.54.